The van der Waals surface area contributed by atoms with E-state index in [1.54, 1.807) is 6.08 Å². The molecule has 210 valence electrons. The van der Waals surface area contributed by atoms with Crippen LogP contribution in [0.4, 0.5) is 0 Å². The van der Waals surface area contributed by atoms with Crippen molar-refractivity contribution in [2.24, 2.45) is 0 Å². The van der Waals surface area contributed by atoms with Crippen molar-refractivity contribution in [2.75, 3.05) is 6.61 Å². The van der Waals surface area contributed by atoms with Gasteiger partial charge >= 0.3 is 0 Å². The lowest BCUT2D eigenvalue weighted by molar-refractivity contribution is -0.123. The second kappa shape index (κ2) is 28.2. The van der Waals surface area contributed by atoms with Crippen LogP contribution in [0.1, 0.15) is 142 Å². The molecular formula is C32H59NO3. The first-order chi connectivity index (χ1) is 17.7. The lowest BCUT2D eigenvalue weighted by Crippen LogP contribution is -2.45. The number of rotatable bonds is 26. The third-order valence-electron chi connectivity index (χ3n) is 6.62. The van der Waals surface area contributed by atoms with Gasteiger partial charge in [0.05, 0.1) is 18.8 Å². The normalized spacial score (nSPS) is 13.8. The van der Waals surface area contributed by atoms with Crippen molar-refractivity contribution >= 4 is 5.91 Å². The molecule has 0 spiro atoms. The molecule has 0 aromatic rings. The Morgan fingerprint density at radius 2 is 1.14 bits per heavy atom. The second-order valence-corrected chi connectivity index (χ2v) is 10.2. The summed E-state index contributed by atoms with van der Waals surface area (Å²) < 4.78 is 0. The van der Waals surface area contributed by atoms with Crippen LogP contribution in [0.15, 0.2) is 36.5 Å². The molecule has 2 atom stereocenters. The summed E-state index contributed by atoms with van der Waals surface area (Å²) in [5, 5.41) is 22.6. The summed E-state index contributed by atoms with van der Waals surface area (Å²) >= 11 is 0. The number of aliphatic hydroxyl groups excluding tert-OH is 2. The van der Waals surface area contributed by atoms with Crippen LogP contribution >= 0.6 is 0 Å². The van der Waals surface area contributed by atoms with Crippen LogP contribution < -0.4 is 5.32 Å². The number of carbonyl (C=O) groups is 1. The van der Waals surface area contributed by atoms with Gasteiger partial charge in [-0.15, -0.1) is 0 Å². The van der Waals surface area contributed by atoms with Gasteiger partial charge in [0.1, 0.15) is 0 Å². The second-order valence-electron chi connectivity index (χ2n) is 10.2. The minimum Gasteiger partial charge on any atom is -0.394 e. The van der Waals surface area contributed by atoms with Gasteiger partial charge in [0.25, 0.3) is 0 Å². The zero-order valence-electron chi connectivity index (χ0n) is 23.8. The predicted molar refractivity (Wildman–Crippen MR) is 156 cm³/mol. The summed E-state index contributed by atoms with van der Waals surface area (Å²) in [5.41, 5.74) is 0. The molecular weight excluding hydrogens is 446 g/mol. The highest BCUT2D eigenvalue weighted by molar-refractivity contribution is 5.76. The van der Waals surface area contributed by atoms with E-state index in [2.05, 4.69) is 43.5 Å². The molecule has 0 saturated heterocycles. The zero-order valence-corrected chi connectivity index (χ0v) is 23.8. The molecule has 1 amide bonds. The molecule has 0 aromatic heterocycles. The van der Waals surface area contributed by atoms with Gasteiger partial charge in [0.2, 0.25) is 5.91 Å². The van der Waals surface area contributed by atoms with Crippen LogP contribution in [0, 0.1) is 0 Å². The van der Waals surface area contributed by atoms with E-state index < -0.39 is 12.1 Å². The maximum absolute atomic E-state index is 12.2. The molecule has 0 fully saturated rings. The number of hydrogen-bond acceptors (Lipinski definition) is 3. The van der Waals surface area contributed by atoms with E-state index in [0.29, 0.717) is 6.42 Å². The molecule has 0 radical (unpaired) electrons. The highest BCUT2D eigenvalue weighted by Crippen LogP contribution is 2.11. The van der Waals surface area contributed by atoms with Gasteiger partial charge < -0.3 is 15.5 Å². The third-order valence-corrected chi connectivity index (χ3v) is 6.62. The topological polar surface area (TPSA) is 69.6 Å². The fraction of sp³-hybridized carbons (Fsp3) is 0.781. The van der Waals surface area contributed by atoms with E-state index in [-0.39, 0.29) is 12.5 Å². The molecule has 0 aromatic carbocycles. The van der Waals surface area contributed by atoms with Gasteiger partial charge in [-0.05, 0) is 51.4 Å². The van der Waals surface area contributed by atoms with Gasteiger partial charge in [-0.2, -0.15) is 0 Å². The van der Waals surface area contributed by atoms with Gasteiger partial charge in [0.15, 0.2) is 0 Å². The number of nitrogens with one attached hydrogen (secondary N) is 1. The van der Waals surface area contributed by atoms with E-state index in [1.165, 1.54) is 89.9 Å². The third kappa shape index (κ3) is 24.3. The lowest BCUT2D eigenvalue weighted by Gasteiger charge is -2.20. The fourth-order valence-corrected chi connectivity index (χ4v) is 4.20. The Bertz CT molecular complexity index is 556. The Hall–Kier alpha value is -1.39. The van der Waals surface area contributed by atoms with E-state index in [9.17, 15) is 15.0 Å². The maximum Gasteiger partial charge on any atom is 0.220 e. The minimum absolute atomic E-state index is 0.0799. The Morgan fingerprint density at radius 3 is 1.72 bits per heavy atom. The first-order valence-electron chi connectivity index (χ1n) is 15.2. The van der Waals surface area contributed by atoms with Crippen LogP contribution in [-0.4, -0.2) is 34.9 Å². The average molecular weight is 506 g/mol. The summed E-state index contributed by atoms with van der Waals surface area (Å²) in [6.07, 6.45) is 35.1. The number of unbranched alkanes of at least 4 members (excludes halogenated alkanes) is 15. The fourth-order valence-electron chi connectivity index (χ4n) is 4.20. The van der Waals surface area contributed by atoms with Crippen LogP contribution in [-0.2, 0) is 4.79 Å². The van der Waals surface area contributed by atoms with Gasteiger partial charge in [-0.25, -0.2) is 0 Å². The van der Waals surface area contributed by atoms with Crippen LogP contribution in [0.5, 0.6) is 0 Å². The predicted octanol–water partition coefficient (Wildman–Crippen LogP) is 8.33. The first kappa shape index (κ1) is 34.6. The summed E-state index contributed by atoms with van der Waals surface area (Å²) in [6.45, 7) is 4.20. The van der Waals surface area contributed by atoms with E-state index >= 15 is 0 Å². The summed E-state index contributed by atoms with van der Waals surface area (Å²) in [7, 11) is 0. The largest absolute Gasteiger partial charge is 0.394 e. The number of carbonyl (C=O) groups excluding carboxylic acids is 1. The van der Waals surface area contributed by atoms with Crippen molar-refractivity contribution in [2.45, 2.75) is 154 Å². The van der Waals surface area contributed by atoms with Crippen LogP contribution in [0.2, 0.25) is 0 Å². The molecule has 0 aliphatic rings. The summed E-state index contributed by atoms with van der Waals surface area (Å²) in [4.78, 5) is 12.2. The molecule has 2 unspecified atom stereocenters. The monoisotopic (exact) mass is 505 g/mol. The summed E-state index contributed by atoms with van der Waals surface area (Å²) in [6, 6.07) is -0.621. The smallest absolute Gasteiger partial charge is 0.220 e. The van der Waals surface area contributed by atoms with Crippen molar-refractivity contribution in [1.82, 2.24) is 5.32 Å². The lowest BCUT2D eigenvalue weighted by atomic mass is 10.1. The molecule has 4 nitrogen and oxygen atoms in total. The molecule has 0 aliphatic carbocycles. The van der Waals surface area contributed by atoms with Crippen molar-refractivity contribution in [3.8, 4) is 0 Å². The van der Waals surface area contributed by atoms with Gasteiger partial charge in [-0.1, -0.05) is 121 Å². The number of aliphatic hydroxyl groups is 2. The highest BCUT2D eigenvalue weighted by atomic mass is 16.3. The van der Waals surface area contributed by atoms with Gasteiger partial charge in [0, 0.05) is 6.42 Å². The first-order valence-corrected chi connectivity index (χ1v) is 15.2. The average Bonchev–Trinajstić information content (AvgIpc) is 2.88. The Balaban J connectivity index is 3.65. The number of amides is 1. The molecule has 0 aliphatic heterocycles. The highest BCUT2D eigenvalue weighted by Gasteiger charge is 2.17. The van der Waals surface area contributed by atoms with Crippen molar-refractivity contribution < 1.29 is 15.0 Å². The standard InChI is InChI=1S/C32H59NO3/c1-3-5-7-9-11-12-13-14-15-16-17-18-19-20-22-24-26-28-32(36)33-30(29-34)31(35)27-25-23-21-10-8-6-4-2/h11-12,14-15,25,27,30-31,34-35H,3-10,13,16-24,26,28-29H2,1-2H3,(H,33,36)/b12-11-,15-14-,27-25+. The minimum atomic E-state index is -0.837. The van der Waals surface area contributed by atoms with Crippen molar-refractivity contribution in [3.05, 3.63) is 36.5 Å². The van der Waals surface area contributed by atoms with Crippen molar-refractivity contribution in [1.29, 1.82) is 0 Å². The Morgan fingerprint density at radius 1 is 0.667 bits per heavy atom. The molecule has 4 heteroatoms. The molecule has 0 rings (SSSR count). The number of allylic oxidation sites excluding steroid dienone is 5. The van der Waals surface area contributed by atoms with E-state index in [4.69, 9.17) is 0 Å². The quantitative estimate of drug-likeness (QED) is 0.0817. The van der Waals surface area contributed by atoms with Crippen molar-refractivity contribution in [3.63, 3.8) is 0 Å². The Labute approximate surface area is 223 Å². The molecule has 3 N–H and O–H groups in total. The Kier molecular flexibility index (Phi) is 27.1. The zero-order chi connectivity index (χ0) is 26.5. The molecule has 36 heavy (non-hydrogen) atoms. The van der Waals surface area contributed by atoms with Gasteiger partial charge in [-0.3, -0.25) is 4.79 Å². The molecule has 0 saturated carbocycles. The SMILES string of the molecule is CCCCC/C=C\C/C=C\CCCCCCCCCC(=O)NC(CO)C(O)/C=C/CCCCCCC. The van der Waals surface area contributed by atoms with E-state index in [1.807, 2.05) is 6.08 Å². The van der Waals surface area contributed by atoms with Crippen LogP contribution in [0.3, 0.4) is 0 Å². The summed E-state index contributed by atoms with van der Waals surface area (Å²) in [5.74, 6) is -0.0799. The maximum atomic E-state index is 12.2. The molecule has 0 heterocycles. The molecule has 0 bridgehead atoms. The van der Waals surface area contributed by atoms with Crippen LogP contribution in [0.25, 0.3) is 0 Å². The number of hydrogen-bond donors (Lipinski definition) is 3. The van der Waals surface area contributed by atoms with E-state index in [0.717, 1.165) is 32.1 Å².